The highest BCUT2D eigenvalue weighted by atomic mass is 32.1. The Hall–Kier alpha value is -2.41. The fraction of sp³-hybridized carbons (Fsp3) is 0.476. The third kappa shape index (κ3) is 4.52. The number of ether oxygens (including phenoxy) is 2. The van der Waals surface area contributed by atoms with Crippen molar-refractivity contribution in [2.75, 3.05) is 6.61 Å². The predicted octanol–water partition coefficient (Wildman–Crippen LogP) is 4.56. The number of hydrogen-bond donors (Lipinski definition) is 1. The number of carbonyl (C=O) groups is 3. The van der Waals surface area contributed by atoms with Crippen LogP contribution < -0.4 is 0 Å². The second kappa shape index (κ2) is 9.19. The van der Waals surface area contributed by atoms with Crippen molar-refractivity contribution in [2.45, 2.75) is 60.5 Å². The summed E-state index contributed by atoms with van der Waals surface area (Å²) in [7, 11) is 0. The van der Waals surface area contributed by atoms with Crippen LogP contribution in [0.25, 0.3) is 0 Å². The molecule has 1 N–H and O–H groups in total. The van der Waals surface area contributed by atoms with Crippen molar-refractivity contribution in [1.29, 1.82) is 0 Å². The smallest absolute Gasteiger partial charge is 0.349 e. The van der Waals surface area contributed by atoms with E-state index >= 15 is 0 Å². The molecule has 2 rings (SSSR count). The summed E-state index contributed by atoms with van der Waals surface area (Å²) in [5, 5.41) is 0. The zero-order valence-electron chi connectivity index (χ0n) is 17.2. The fourth-order valence-electron chi connectivity index (χ4n) is 3.12. The van der Waals surface area contributed by atoms with Crippen LogP contribution >= 0.6 is 11.3 Å². The molecule has 0 bridgehead atoms. The summed E-state index contributed by atoms with van der Waals surface area (Å²) in [5.41, 5.74) is 2.79. The van der Waals surface area contributed by atoms with E-state index in [2.05, 4.69) is 11.9 Å². The lowest BCUT2D eigenvalue weighted by Gasteiger charge is -2.11. The van der Waals surface area contributed by atoms with E-state index in [1.165, 1.54) is 18.3 Å². The number of hydrogen-bond acceptors (Lipinski definition) is 6. The summed E-state index contributed by atoms with van der Waals surface area (Å²) < 4.78 is 10.4. The highest BCUT2D eigenvalue weighted by molar-refractivity contribution is 7.14. The summed E-state index contributed by atoms with van der Waals surface area (Å²) in [6.07, 6.45) is 0.924. The number of H-pyrrole nitrogens is 1. The molecule has 0 unspecified atom stereocenters. The van der Waals surface area contributed by atoms with Crippen molar-refractivity contribution in [3.8, 4) is 0 Å². The molecule has 2 heterocycles. The van der Waals surface area contributed by atoms with Crippen molar-refractivity contribution in [1.82, 2.24) is 4.98 Å². The van der Waals surface area contributed by atoms with Crippen molar-refractivity contribution in [3.63, 3.8) is 0 Å². The minimum absolute atomic E-state index is 0.250. The molecule has 0 amide bonds. The monoisotopic (exact) mass is 405 g/mol. The van der Waals surface area contributed by atoms with Gasteiger partial charge in [-0.05, 0) is 58.2 Å². The van der Waals surface area contributed by atoms with Gasteiger partial charge in [0.2, 0.25) is 5.78 Å². The molecule has 7 heteroatoms. The Balaban J connectivity index is 2.17. The zero-order chi connectivity index (χ0) is 21.0. The third-order valence-electron chi connectivity index (χ3n) is 4.56. The summed E-state index contributed by atoms with van der Waals surface area (Å²) in [4.78, 5) is 41.9. The molecule has 2 aromatic rings. The van der Waals surface area contributed by atoms with Crippen LogP contribution in [-0.2, 0) is 15.9 Å². The van der Waals surface area contributed by atoms with E-state index in [0.717, 1.165) is 23.3 Å². The molecule has 28 heavy (non-hydrogen) atoms. The zero-order valence-corrected chi connectivity index (χ0v) is 18.0. The van der Waals surface area contributed by atoms with Crippen LogP contribution in [0.5, 0.6) is 0 Å². The number of aromatic amines is 1. The first-order chi connectivity index (χ1) is 13.2. The van der Waals surface area contributed by atoms with Gasteiger partial charge in [-0.1, -0.05) is 13.3 Å². The molecule has 0 aliphatic carbocycles. The molecule has 0 aliphatic heterocycles. The Labute approximate surface area is 169 Å². The summed E-state index contributed by atoms with van der Waals surface area (Å²) in [6, 6.07) is 1.84. The van der Waals surface area contributed by atoms with Crippen LogP contribution in [0.3, 0.4) is 0 Å². The van der Waals surface area contributed by atoms with E-state index in [1.807, 2.05) is 13.0 Å². The van der Waals surface area contributed by atoms with Crippen LogP contribution in [-0.4, -0.2) is 35.4 Å². The maximum atomic E-state index is 12.8. The summed E-state index contributed by atoms with van der Waals surface area (Å²) >= 11 is 1.38. The fourth-order valence-corrected chi connectivity index (χ4v) is 4.07. The maximum absolute atomic E-state index is 12.8. The number of Topliss-reactive ketones (excluding diaryl/α,β-unsaturated/α-hetero) is 1. The molecule has 0 spiro atoms. The van der Waals surface area contributed by atoms with Crippen LogP contribution in [0.4, 0.5) is 0 Å². The molecule has 0 radical (unpaired) electrons. The van der Waals surface area contributed by atoms with Gasteiger partial charge in [0, 0.05) is 10.6 Å². The van der Waals surface area contributed by atoms with Crippen molar-refractivity contribution < 1.29 is 23.9 Å². The van der Waals surface area contributed by atoms with E-state index in [-0.39, 0.29) is 18.1 Å². The standard InChI is InChI=1S/C21H27NO5S/c1-7-9-15-10-16(28-14(15)6)20(24)27-13(5)19(23)18-11(3)17(12(4)22-18)21(25)26-8-2/h10,13,22H,7-9H2,1-6H3/t13-/m0/s1. The first-order valence-corrected chi connectivity index (χ1v) is 10.2. The van der Waals surface area contributed by atoms with Gasteiger partial charge in [0.1, 0.15) is 4.88 Å². The molecule has 0 aliphatic rings. The Bertz CT molecular complexity index is 893. The van der Waals surface area contributed by atoms with Crippen LogP contribution in [0.2, 0.25) is 0 Å². The lowest BCUT2D eigenvalue weighted by Crippen LogP contribution is -2.25. The van der Waals surface area contributed by atoms with E-state index < -0.39 is 18.0 Å². The summed E-state index contributed by atoms with van der Waals surface area (Å²) in [5.74, 6) is -1.37. The van der Waals surface area contributed by atoms with Gasteiger partial charge >= 0.3 is 11.9 Å². The number of aryl methyl sites for hydroxylation is 3. The Morgan fingerprint density at radius 2 is 1.82 bits per heavy atom. The minimum atomic E-state index is -0.976. The number of esters is 2. The number of nitrogens with one attached hydrogen (secondary N) is 1. The SMILES string of the molecule is CCCc1cc(C(=O)O[C@@H](C)C(=O)c2[nH]c(C)c(C(=O)OCC)c2C)sc1C. The molecule has 2 aromatic heterocycles. The normalized spacial score (nSPS) is 11.9. The predicted molar refractivity (Wildman–Crippen MR) is 108 cm³/mol. The first kappa shape index (κ1) is 21.9. The van der Waals surface area contributed by atoms with Crippen molar-refractivity contribution in [3.05, 3.63) is 43.9 Å². The molecule has 152 valence electrons. The molecule has 0 saturated heterocycles. The number of aromatic nitrogens is 1. The molecule has 0 saturated carbocycles. The van der Waals surface area contributed by atoms with Gasteiger partial charge in [-0.25, -0.2) is 9.59 Å². The van der Waals surface area contributed by atoms with Gasteiger partial charge in [-0.15, -0.1) is 11.3 Å². The number of rotatable bonds is 8. The second-order valence-corrected chi connectivity index (χ2v) is 7.96. The van der Waals surface area contributed by atoms with Gasteiger partial charge in [0.15, 0.2) is 6.10 Å². The van der Waals surface area contributed by atoms with E-state index in [9.17, 15) is 14.4 Å². The molecule has 0 fully saturated rings. The highest BCUT2D eigenvalue weighted by Crippen LogP contribution is 2.25. The quantitative estimate of drug-likeness (QED) is 0.514. The van der Waals surface area contributed by atoms with Gasteiger partial charge < -0.3 is 14.5 Å². The molecule has 1 atom stereocenters. The van der Waals surface area contributed by atoms with Gasteiger partial charge in [0.05, 0.1) is 17.9 Å². The molecule has 0 aromatic carbocycles. The van der Waals surface area contributed by atoms with Crippen molar-refractivity contribution in [2.24, 2.45) is 0 Å². The van der Waals surface area contributed by atoms with Crippen LogP contribution in [0.15, 0.2) is 6.07 Å². The van der Waals surface area contributed by atoms with E-state index in [4.69, 9.17) is 9.47 Å². The van der Waals surface area contributed by atoms with Crippen molar-refractivity contribution >= 4 is 29.1 Å². The largest absolute Gasteiger partial charge is 0.462 e. The minimum Gasteiger partial charge on any atom is -0.462 e. The molecule has 6 nitrogen and oxygen atoms in total. The van der Waals surface area contributed by atoms with Gasteiger partial charge in [0.25, 0.3) is 0 Å². The van der Waals surface area contributed by atoms with Gasteiger partial charge in [-0.3, -0.25) is 4.79 Å². The van der Waals surface area contributed by atoms with Crippen LogP contribution in [0.1, 0.15) is 79.4 Å². The van der Waals surface area contributed by atoms with Crippen LogP contribution in [0, 0.1) is 20.8 Å². The Kier molecular flexibility index (Phi) is 7.18. The van der Waals surface area contributed by atoms with Gasteiger partial charge in [-0.2, -0.15) is 0 Å². The average Bonchev–Trinajstić information content (AvgIpc) is 3.14. The Morgan fingerprint density at radius 3 is 2.43 bits per heavy atom. The Morgan fingerprint density at radius 1 is 1.14 bits per heavy atom. The topological polar surface area (TPSA) is 85.5 Å². The number of carbonyl (C=O) groups excluding carboxylic acids is 3. The number of ketones is 1. The first-order valence-electron chi connectivity index (χ1n) is 9.41. The highest BCUT2D eigenvalue weighted by Gasteiger charge is 2.28. The van der Waals surface area contributed by atoms with E-state index in [1.54, 1.807) is 20.8 Å². The molecular formula is C21H27NO5S. The average molecular weight is 406 g/mol. The third-order valence-corrected chi connectivity index (χ3v) is 5.63. The number of thiophene rings is 1. The summed E-state index contributed by atoms with van der Waals surface area (Å²) in [6.45, 7) is 11.0. The lowest BCUT2D eigenvalue weighted by atomic mass is 10.1. The maximum Gasteiger partial charge on any atom is 0.349 e. The lowest BCUT2D eigenvalue weighted by molar-refractivity contribution is 0.0321. The second-order valence-electron chi connectivity index (χ2n) is 6.70. The molecular weight excluding hydrogens is 378 g/mol. The van der Waals surface area contributed by atoms with E-state index in [0.29, 0.717) is 21.7 Å².